The van der Waals surface area contributed by atoms with Crippen LogP contribution in [0.5, 0.6) is 0 Å². The number of carbonyl (C=O) groups excluding carboxylic acids is 1. The first-order valence-corrected chi connectivity index (χ1v) is 9.51. The van der Waals surface area contributed by atoms with E-state index >= 15 is 0 Å². The van der Waals surface area contributed by atoms with E-state index in [-0.39, 0.29) is 25.2 Å². The van der Waals surface area contributed by atoms with E-state index in [1.807, 2.05) is 19.1 Å². The van der Waals surface area contributed by atoms with E-state index in [0.29, 0.717) is 25.7 Å². The van der Waals surface area contributed by atoms with Crippen molar-refractivity contribution < 1.29 is 24.9 Å². The van der Waals surface area contributed by atoms with Gasteiger partial charge in [-0.25, -0.2) is 0 Å². The highest BCUT2D eigenvalue weighted by atomic mass is 16.4. The number of carbonyl (C=O) groups is 2. The Morgan fingerprint density at radius 1 is 1.19 bits per heavy atom. The molecule has 0 unspecified atom stereocenters. The number of aliphatic hydroxyl groups is 2. The quantitative estimate of drug-likeness (QED) is 0.378. The van der Waals surface area contributed by atoms with E-state index in [1.54, 1.807) is 43.4 Å². The number of ketones is 1. The molecule has 0 spiro atoms. The molecule has 1 fully saturated rings. The largest absolute Gasteiger partial charge is 0.481 e. The van der Waals surface area contributed by atoms with Crippen LogP contribution in [-0.2, 0) is 9.59 Å². The third kappa shape index (κ3) is 6.92. The molecule has 0 amide bonds. The number of carboxylic acid groups (broad SMARTS) is 1. The maximum atomic E-state index is 12.3. The van der Waals surface area contributed by atoms with Gasteiger partial charge >= 0.3 is 5.97 Å². The van der Waals surface area contributed by atoms with Crippen LogP contribution in [0.4, 0.5) is 0 Å². The van der Waals surface area contributed by atoms with Gasteiger partial charge in [-0.05, 0) is 46.0 Å². The van der Waals surface area contributed by atoms with Crippen LogP contribution in [-0.4, -0.2) is 39.3 Å². The average Bonchev–Trinajstić information content (AvgIpc) is 3.03. The van der Waals surface area contributed by atoms with E-state index in [2.05, 4.69) is 0 Å². The van der Waals surface area contributed by atoms with Crippen LogP contribution in [0, 0.1) is 11.3 Å². The van der Waals surface area contributed by atoms with Gasteiger partial charge in [0.2, 0.25) is 0 Å². The highest BCUT2D eigenvalue weighted by molar-refractivity contribution is 5.91. The minimum Gasteiger partial charge on any atom is -0.481 e. The van der Waals surface area contributed by atoms with Crippen molar-refractivity contribution in [3.05, 3.63) is 48.6 Å². The summed E-state index contributed by atoms with van der Waals surface area (Å²) in [6, 6.07) is 0. The van der Waals surface area contributed by atoms with Gasteiger partial charge in [-0.1, -0.05) is 48.6 Å². The highest BCUT2D eigenvalue weighted by Crippen LogP contribution is 2.42. The fourth-order valence-corrected chi connectivity index (χ4v) is 3.42. The summed E-state index contributed by atoms with van der Waals surface area (Å²) in [6.07, 6.45) is 16.3. The summed E-state index contributed by atoms with van der Waals surface area (Å²) in [6.45, 7) is 3.53. The summed E-state index contributed by atoms with van der Waals surface area (Å²) in [4.78, 5) is 24.5. The molecule has 1 aliphatic rings. The Morgan fingerprint density at radius 2 is 1.93 bits per heavy atom. The Labute approximate surface area is 161 Å². The van der Waals surface area contributed by atoms with E-state index in [9.17, 15) is 19.8 Å². The van der Waals surface area contributed by atoms with Crippen molar-refractivity contribution in [1.82, 2.24) is 0 Å². The smallest absolute Gasteiger partial charge is 0.314 e. The normalized spacial score (nSPS) is 23.0. The molecule has 27 heavy (non-hydrogen) atoms. The fourth-order valence-electron chi connectivity index (χ4n) is 3.42. The van der Waals surface area contributed by atoms with Crippen molar-refractivity contribution in [2.24, 2.45) is 11.3 Å². The Morgan fingerprint density at radius 3 is 2.48 bits per heavy atom. The molecule has 0 aromatic heterocycles. The van der Waals surface area contributed by atoms with Crippen molar-refractivity contribution >= 4 is 11.8 Å². The summed E-state index contributed by atoms with van der Waals surface area (Å²) in [7, 11) is 0. The molecular weight excluding hydrogens is 344 g/mol. The molecule has 1 rings (SSSR count). The van der Waals surface area contributed by atoms with Gasteiger partial charge in [0.05, 0.1) is 11.0 Å². The number of aliphatic hydroxyl groups excluding tert-OH is 1. The predicted octanol–water partition coefficient (Wildman–Crippen LogP) is 3.58. The van der Waals surface area contributed by atoms with Gasteiger partial charge in [0.15, 0.2) is 0 Å². The number of carboxylic acids is 1. The zero-order valence-electron chi connectivity index (χ0n) is 16.3. The second kappa shape index (κ2) is 11.0. The van der Waals surface area contributed by atoms with Crippen LogP contribution < -0.4 is 0 Å². The van der Waals surface area contributed by atoms with Gasteiger partial charge in [-0.3, -0.25) is 9.59 Å². The molecule has 5 heteroatoms. The van der Waals surface area contributed by atoms with Gasteiger partial charge in [0, 0.05) is 18.9 Å². The van der Waals surface area contributed by atoms with E-state index in [0.717, 1.165) is 0 Å². The van der Waals surface area contributed by atoms with Crippen LogP contribution in [0.1, 0.15) is 52.4 Å². The highest BCUT2D eigenvalue weighted by Gasteiger charge is 2.48. The van der Waals surface area contributed by atoms with Gasteiger partial charge in [0.1, 0.15) is 5.78 Å². The molecule has 0 radical (unpaired) electrons. The van der Waals surface area contributed by atoms with Crippen molar-refractivity contribution in [3.8, 4) is 0 Å². The lowest BCUT2D eigenvalue weighted by Crippen LogP contribution is -2.39. The molecule has 0 aliphatic heterocycles. The summed E-state index contributed by atoms with van der Waals surface area (Å²) < 4.78 is 0. The van der Waals surface area contributed by atoms with E-state index < -0.39 is 22.9 Å². The Hall–Kier alpha value is -1.98. The van der Waals surface area contributed by atoms with E-state index in [1.165, 1.54) is 0 Å². The number of allylic oxidation sites excluding steroid dienone is 4. The van der Waals surface area contributed by atoms with Gasteiger partial charge in [-0.15, -0.1) is 0 Å². The van der Waals surface area contributed by atoms with Crippen LogP contribution in [0.2, 0.25) is 0 Å². The van der Waals surface area contributed by atoms with Crippen LogP contribution >= 0.6 is 0 Å². The van der Waals surface area contributed by atoms with Crippen molar-refractivity contribution in [3.63, 3.8) is 0 Å². The molecule has 0 heterocycles. The first-order chi connectivity index (χ1) is 12.8. The van der Waals surface area contributed by atoms with Crippen LogP contribution in [0.3, 0.4) is 0 Å². The zero-order valence-corrected chi connectivity index (χ0v) is 16.3. The molecular formula is C22H32O5. The molecule has 3 N–H and O–H groups in total. The number of rotatable bonds is 11. The fraction of sp³-hybridized carbons (Fsp3) is 0.545. The lowest BCUT2D eigenvalue weighted by molar-refractivity contribution is -0.151. The molecule has 0 bridgehead atoms. The lowest BCUT2D eigenvalue weighted by Gasteiger charge is -2.31. The first kappa shape index (κ1) is 23.1. The predicted molar refractivity (Wildman–Crippen MR) is 106 cm³/mol. The molecule has 0 saturated heterocycles. The standard InChI is InChI=1S/C22H32O5/c1-3-4-6-13-21(2,27)14-10-16-22(20(25)26,15-7-5-8-17-23)18-11-9-12-19(18)24/h3-7,10,13,16,18,23,27H,8-9,11-12,14-15,17H2,1-2H3,(H,25,26)/b4-3+,7-5-,13-6+,16-10+/t18-,21-,22-/m0/s1. The molecule has 5 nitrogen and oxygen atoms in total. The Bertz CT molecular complexity index is 612. The second-order valence-electron chi connectivity index (χ2n) is 7.29. The minimum absolute atomic E-state index is 0.00379. The number of aliphatic carboxylic acids is 1. The summed E-state index contributed by atoms with van der Waals surface area (Å²) in [5.41, 5.74) is -2.42. The van der Waals surface area contributed by atoms with Crippen molar-refractivity contribution in [1.29, 1.82) is 0 Å². The average molecular weight is 376 g/mol. The van der Waals surface area contributed by atoms with Crippen molar-refractivity contribution in [2.45, 2.75) is 58.0 Å². The lowest BCUT2D eigenvalue weighted by atomic mass is 9.70. The molecule has 150 valence electrons. The molecule has 0 aromatic rings. The maximum absolute atomic E-state index is 12.3. The summed E-state index contributed by atoms with van der Waals surface area (Å²) in [5, 5.41) is 29.3. The van der Waals surface area contributed by atoms with Crippen LogP contribution in [0.15, 0.2) is 48.6 Å². The molecule has 1 aliphatic carbocycles. The zero-order chi connectivity index (χ0) is 20.3. The number of Topliss-reactive ketones (excluding diaryl/α,β-unsaturated/α-hetero) is 1. The maximum Gasteiger partial charge on any atom is 0.314 e. The Kier molecular flexibility index (Phi) is 9.39. The summed E-state index contributed by atoms with van der Waals surface area (Å²) >= 11 is 0. The van der Waals surface area contributed by atoms with E-state index in [4.69, 9.17) is 5.11 Å². The third-order valence-electron chi connectivity index (χ3n) is 4.95. The third-order valence-corrected chi connectivity index (χ3v) is 4.95. The molecule has 0 aromatic carbocycles. The van der Waals surface area contributed by atoms with Crippen molar-refractivity contribution in [2.75, 3.05) is 6.61 Å². The van der Waals surface area contributed by atoms with Gasteiger partial charge in [0.25, 0.3) is 0 Å². The number of hydrogen-bond acceptors (Lipinski definition) is 4. The van der Waals surface area contributed by atoms with Crippen LogP contribution in [0.25, 0.3) is 0 Å². The molecule has 3 atom stereocenters. The molecule has 1 saturated carbocycles. The first-order valence-electron chi connectivity index (χ1n) is 9.51. The monoisotopic (exact) mass is 376 g/mol. The topological polar surface area (TPSA) is 94.8 Å². The summed E-state index contributed by atoms with van der Waals surface area (Å²) in [5.74, 6) is -1.61. The number of hydrogen-bond donors (Lipinski definition) is 3. The van der Waals surface area contributed by atoms with Gasteiger partial charge in [-0.2, -0.15) is 0 Å². The Balaban J connectivity index is 3.08. The van der Waals surface area contributed by atoms with Gasteiger partial charge < -0.3 is 15.3 Å². The SMILES string of the molecule is C/C=C/C=C/[C@](C)(O)C/C=C/[C@](C/C=C\CCO)(C(=O)O)[C@H]1CCCC1=O. The second-order valence-corrected chi connectivity index (χ2v) is 7.29. The minimum atomic E-state index is -1.32.